The van der Waals surface area contributed by atoms with Gasteiger partial charge in [-0.2, -0.15) is 0 Å². The van der Waals surface area contributed by atoms with Crippen LogP contribution >= 0.6 is 46.4 Å². The highest BCUT2D eigenvalue weighted by Crippen LogP contribution is 2.23. The molecule has 0 saturated carbocycles. The quantitative estimate of drug-likeness (QED) is 0.560. The van der Waals surface area contributed by atoms with E-state index in [2.05, 4.69) is 0 Å². The summed E-state index contributed by atoms with van der Waals surface area (Å²) < 4.78 is 0.0363. The van der Waals surface area contributed by atoms with Crippen LogP contribution in [0.3, 0.4) is 0 Å². The molecule has 0 spiro atoms. The Balaban J connectivity index is 4.00. The van der Waals surface area contributed by atoms with Crippen molar-refractivity contribution in [1.29, 1.82) is 0 Å². The van der Waals surface area contributed by atoms with Crippen LogP contribution in [-0.2, 0) is 0 Å². The summed E-state index contributed by atoms with van der Waals surface area (Å²) in [4.78, 5) is 0. The Kier molecular flexibility index (Phi) is 4.27. The van der Waals surface area contributed by atoms with Gasteiger partial charge < -0.3 is 0 Å². The zero-order chi connectivity index (χ0) is 6.73. The Morgan fingerprint density at radius 2 is 1.62 bits per heavy atom. The molecule has 0 bridgehead atoms. The van der Waals surface area contributed by atoms with Gasteiger partial charge >= 0.3 is 0 Å². The minimum Gasteiger partial charge on any atom is -0.117 e. The van der Waals surface area contributed by atoms with Crippen molar-refractivity contribution in [2.75, 3.05) is 0 Å². The van der Waals surface area contributed by atoms with Crippen molar-refractivity contribution in [2.24, 2.45) is 0 Å². The maximum atomic E-state index is 5.46. The van der Waals surface area contributed by atoms with Crippen LogP contribution in [0, 0.1) is 0 Å². The summed E-state index contributed by atoms with van der Waals surface area (Å²) in [5, 5.41) is -0.0170. The average Bonchev–Trinajstić information content (AvgIpc) is 1.64. The highest BCUT2D eigenvalue weighted by Gasteiger charge is 2.04. The number of alkyl halides is 1. The van der Waals surface area contributed by atoms with Gasteiger partial charge in [0, 0.05) is 0 Å². The number of halogens is 4. The van der Waals surface area contributed by atoms with Gasteiger partial charge in [0.25, 0.3) is 0 Å². The summed E-state index contributed by atoms with van der Waals surface area (Å²) in [6, 6.07) is 0. The predicted octanol–water partition coefficient (Wildman–Crippen LogP) is 3.50. The van der Waals surface area contributed by atoms with Crippen LogP contribution in [0.25, 0.3) is 0 Å². The first kappa shape index (κ1) is 8.90. The van der Waals surface area contributed by atoms with E-state index in [-0.39, 0.29) is 14.9 Å². The molecule has 0 rings (SSSR count). The molecule has 0 aromatic rings. The molecule has 0 fully saturated rings. The zero-order valence-corrected chi connectivity index (χ0v) is 7.11. The molecule has 1 atom stereocenters. The smallest absolute Gasteiger partial charge is 0.117 e. The van der Waals surface area contributed by atoms with Gasteiger partial charge in [0.2, 0.25) is 0 Å². The molecule has 0 nitrogen and oxygen atoms in total. The van der Waals surface area contributed by atoms with Gasteiger partial charge in [-0.15, -0.1) is 11.6 Å². The van der Waals surface area contributed by atoms with Crippen molar-refractivity contribution in [2.45, 2.75) is 12.3 Å². The Morgan fingerprint density at radius 1 is 1.25 bits per heavy atom. The third kappa shape index (κ3) is 3.03. The number of hydrogen-bond donors (Lipinski definition) is 0. The standard InChI is InChI=1S/C4H4Cl4/c1-2(5)3(6)4(7)8/h2H,1H3. The Hall–Kier alpha value is 0.900. The Morgan fingerprint density at radius 3 is 1.62 bits per heavy atom. The van der Waals surface area contributed by atoms with E-state index >= 15 is 0 Å². The normalized spacial score (nSPS) is 13.1. The van der Waals surface area contributed by atoms with Gasteiger partial charge in [0.15, 0.2) is 0 Å². The second-order valence-corrected chi connectivity index (χ2v) is 3.24. The number of hydrogen-bond acceptors (Lipinski definition) is 0. The molecule has 0 radical (unpaired) electrons. The third-order valence-corrected chi connectivity index (χ3v) is 1.98. The van der Waals surface area contributed by atoms with Gasteiger partial charge in [0.1, 0.15) is 4.49 Å². The lowest BCUT2D eigenvalue weighted by Crippen LogP contribution is -1.88. The lowest BCUT2D eigenvalue weighted by molar-refractivity contribution is 1.20. The molecule has 0 aromatic carbocycles. The second kappa shape index (κ2) is 3.84. The van der Waals surface area contributed by atoms with E-state index in [0.29, 0.717) is 0 Å². The van der Waals surface area contributed by atoms with Crippen LogP contribution in [0.5, 0.6) is 0 Å². The molecule has 48 valence electrons. The maximum absolute atomic E-state index is 5.46. The van der Waals surface area contributed by atoms with Crippen LogP contribution in [0.2, 0.25) is 0 Å². The fourth-order valence-electron chi connectivity index (χ4n) is 0.150. The molecule has 0 heterocycles. The predicted molar refractivity (Wildman–Crippen MR) is 39.9 cm³/mol. The van der Waals surface area contributed by atoms with Gasteiger partial charge in [-0.3, -0.25) is 0 Å². The van der Waals surface area contributed by atoms with Crippen molar-refractivity contribution < 1.29 is 0 Å². The molecule has 0 saturated heterocycles. The van der Waals surface area contributed by atoms with Crippen molar-refractivity contribution >= 4 is 46.4 Å². The largest absolute Gasteiger partial charge is 0.122 e. The molecule has 8 heavy (non-hydrogen) atoms. The van der Waals surface area contributed by atoms with Gasteiger partial charge in [0.05, 0.1) is 10.4 Å². The van der Waals surface area contributed by atoms with Crippen molar-refractivity contribution in [3.05, 3.63) is 9.52 Å². The van der Waals surface area contributed by atoms with Gasteiger partial charge in [-0.25, -0.2) is 0 Å². The molecular formula is C4H4Cl4. The second-order valence-electron chi connectivity index (χ2n) is 1.22. The van der Waals surface area contributed by atoms with Gasteiger partial charge in [-0.1, -0.05) is 34.8 Å². The molecule has 0 aliphatic rings. The van der Waals surface area contributed by atoms with Crippen LogP contribution in [0.15, 0.2) is 9.52 Å². The van der Waals surface area contributed by atoms with Crippen LogP contribution in [0.1, 0.15) is 6.92 Å². The molecule has 1 unspecified atom stereocenters. The van der Waals surface area contributed by atoms with Crippen LogP contribution in [0.4, 0.5) is 0 Å². The lowest BCUT2D eigenvalue weighted by Gasteiger charge is -1.97. The Labute approximate surface area is 68.4 Å². The third-order valence-electron chi connectivity index (χ3n) is 0.530. The zero-order valence-electron chi connectivity index (χ0n) is 4.09. The van der Waals surface area contributed by atoms with Crippen LogP contribution < -0.4 is 0 Å². The SMILES string of the molecule is CC(Cl)C(Cl)=C(Cl)Cl. The molecule has 0 amide bonds. The highest BCUT2D eigenvalue weighted by atomic mass is 35.5. The maximum Gasteiger partial charge on any atom is 0.122 e. The topological polar surface area (TPSA) is 0 Å². The summed E-state index contributed by atoms with van der Waals surface area (Å²) in [6.45, 7) is 1.69. The molecule has 0 aliphatic carbocycles. The molecule has 0 aromatic heterocycles. The fourth-order valence-corrected chi connectivity index (χ4v) is 0.698. The average molecular weight is 194 g/mol. The minimum absolute atomic E-state index is 0.0363. The number of allylic oxidation sites excluding steroid dienone is 1. The molecule has 0 aliphatic heterocycles. The monoisotopic (exact) mass is 192 g/mol. The first-order chi connectivity index (χ1) is 3.55. The molecule has 4 heteroatoms. The minimum atomic E-state index is -0.304. The van der Waals surface area contributed by atoms with E-state index in [9.17, 15) is 0 Å². The van der Waals surface area contributed by atoms with E-state index in [4.69, 9.17) is 46.4 Å². The summed E-state index contributed by atoms with van der Waals surface area (Å²) in [5.41, 5.74) is 0. The Bertz CT molecular complexity index is 101. The summed E-state index contributed by atoms with van der Waals surface area (Å²) in [5.74, 6) is 0. The first-order valence-corrected chi connectivity index (χ1v) is 3.47. The molecular weight excluding hydrogens is 190 g/mol. The highest BCUT2D eigenvalue weighted by molar-refractivity contribution is 6.60. The van der Waals surface area contributed by atoms with Gasteiger partial charge in [-0.05, 0) is 6.92 Å². The van der Waals surface area contributed by atoms with E-state index in [0.717, 1.165) is 0 Å². The summed E-state index contributed by atoms with van der Waals surface area (Å²) >= 11 is 21.4. The molecule has 0 N–H and O–H groups in total. The summed E-state index contributed by atoms with van der Waals surface area (Å²) in [7, 11) is 0. The van der Waals surface area contributed by atoms with Crippen LogP contribution in [-0.4, -0.2) is 5.38 Å². The number of rotatable bonds is 1. The van der Waals surface area contributed by atoms with E-state index in [1.54, 1.807) is 6.92 Å². The van der Waals surface area contributed by atoms with E-state index < -0.39 is 0 Å². The fraction of sp³-hybridized carbons (Fsp3) is 0.500. The van der Waals surface area contributed by atoms with E-state index in [1.165, 1.54) is 0 Å². The van der Waals surface area contributed by atoms with Crippen molar-refractivity contribution in [3.8, 4) is 0 Å². The first-order valence-electron chi connectivity index (χ1n) is 1.90. The lowest BCUT2D eigenvalue weighted by atomic mass is 10.5. The van der Waals surface area contributed by atoms with Crippen molar-refractivity contribution in [3.63, 3.8) is 0 Å². The summed E-state index contributed by atoms with van der Waals surface area (Å²) in [6.07, 6.45) is 0. The van der Waals surface area contributed by atoms with Crippen molar-refractivity contribution in [1.82, 2.24) is 0 Å². The van der Waals surface area contributed by atoms with E-state index in [1.807, 2.05) is 0 Å².